The van der Waals surface area contributed by atoms with Gasteiger partial charge in [0.15, 0.2) is 5.60 Å². The Labute approximate surface area is 144 Å². The largest absolute Gasteiger partial charge is 0.378 e. The molecule has 132 valence electrons. The summed E-state index contributed by atoms with van der Waals surface area (Å²) in [5.74, 6) is -0.679. The molecule has 1 atom stereocenters. The lowest BCUT2D eigenvalue weighted by Gasteiger charge is -2.24. The quantitative estimate of drug-likeness (QED) is 0.896. The van der Waals surface area contributed by atoms with Crippen LogP contribution >= 0.6 is 0 Å². The predicted molar refractivity (Wildman–Crippen MR) is 90.0 cm³/mol. The number of hydrogen-bond donors (Lipinski definition) is 1. The minimum absolute atomic E-state index is 0.193. The number of anilines is 1. The highest BCUT2D eigenvalue weighted by atomic mass is 19.1. The maximum absolute atomic E-state index is 13.3. The van der Waals surface area contributed by atoms with Gasteiger partial charge in [-0.2, -0.15) is 0 Å². The van der Waals surface area contributed by atoms with E-state index in [0.717, 1.165) is 0 Å². The second kappa shape index (κ2) is 7.16. The molecule has 7 heteroatoms. The zero-order valence-electron chi connectivity index (χ0n) is 13.8. The number of amides is 1. The van der Waals surface area contributed by atoms with Gasteiger partial charge in [0, 0.05) is 25.8 Å². The first kappa shape index (κ1) is 17.3. The van der Waals surface area contributed by atoms with E-state index in [0.29, 0.717) is 24.3 Å². The fraction of sp³-hybridized carbons (Fsp3) is 0.333. The summed E-state index contributed by atoms with van der Waals surface area (Å²) in [5, 5.41) is 2.76. The molecule has 1 amide bonds. The maximum Gasteiger partial charge on any atom is 0.259 e. The van der Waals surface area contributed by atoms with E-state index in [1.54, 1.807) is 12.1 Å². The molecule has 6 nitrogen and oxygen atoms in total. The average molecular weight is 346 g/mol. The number of carbonyl (C=O) groups is 1. The minimum Gasteiger partial charge on any atom is -0.378 e. The Morgan fingerprint density at radius 3 is 2.92 bits per heavy atom. The van der Waals surface area contributed by atoms with Crippen LogP contribution in [0.5, 0.6) is 0 Å². The van der Waals surface area contributed by atoms with Crippen LogP contribution in [0.3, 0.4) is 0 Å². The zero-order valence-corrected chi connectivity index (χ0v) is 13.8. The Morgan fingerprint density at radius 2 is 2.24 bits per heavy atom. The molecule has 0 aliphatic carbocycles. The Bertz CT molecular complexity index is 828. The lowest BCUT2D eigenvalue weighted by Crippen LogP contribution is -2.45. The summed E-state index contributed by atoms with van der Waals surface area (Å²) in [5.41, 5.74) is -0.135. The second-order valence-corrected chi connectivity index (χ2v) is 5.97. The van der Waals surface area contributed by atoms with E-state index in [-0.39, 0.29) is 30.4 Å². The molecule has 1 unspecified atom stereocenters. The fourth-order valence-electron chi connectivity index (χ4n) is 2.78. The molecule has 0 spiro atoms. The van der Waals surface area contributed by atoms with Crippen molar-refractivity contribution in [3.63, 3.8) is 0 Å². The van der Waals surface area contributed by atoms with E-state index >= 15 is 0 Å². The highest BCUT2D eigenvalue weighted by Gasteiger charge is 2.42. The van der Waals surface area contributed by atoms with Crippen molar-refractivity contribution in [2.45, 2.75) is 18.6 Å². The molecule has 3 rings (SSSR count). The molecule has 1 fully saturated rings. The van der Waals surface area contributed by atoms with Gasteiger partial charge in [-0.3, -0.25) is 9.59 Å². The van der Waals surface area contributed by atoms with Gasteiger partial charge in [-0.05, 0) is 23.8 Å². The highest BCUT2D eigenvalue weighted by molar-refractivity contribution is 5.97. The van der Waals surface area contributed by atoms with E-state index in [1.165, 1.54) is 42.1 Å². The third kappa shape index (κ3) is 3.78. The SMILES string of the molecule is COC1(C(=O)Nc2ccc(=O)n(Cc3cccc(F)c3)c2)CCOC1. The monoisotopic (exact) mass is 346 g/mol. The molecule has 1 saturated heterocycles. The zero-order chi connectivity index (χ0) is 17.9. The van der Waals surface area contributed by atoms with Crippen LogP contribution in [0.25, 0.3) is 0 Å². The molecule has 2 aromatic rings. The molecule has 1 aliphatic heterocycles. The second-order valence-electron chi connectivity index (χ2n) is 5.97. The Kier molecular flexibility index (Phi) is 4.96. The van der Waals surface area contributed by atoms with E-state index in [2.05, 4.69) is 5.32 Å². The minimum atomic E-state index is -1.01. The summed E-state index contributed by atoms with van der Waals surface area (Å²) >= 11 is 0. The van der Waals surface area contributed by atoms with Crippen molar-refractivity contribution in [1.29, 1.82) is 0 Å². The van der Waals surface area contributed by atoms with Gasteiger partial charge in [-0.15, -0.1) is 0 Å². The van der Waals surface area contributed by atoms with Gasteiger partial charge in [-0.1, -0.05) is 12.1 Å². The molecule has 0 bridgehead atoms. The van der Waals surface area contributed by atoms with Gasteiger partial charge in [0.2, 0.25) is 0 Å². The van der Waals surface area contributed by atoms with Gasteiger partial charge in [-0.25, -0.2) is 4.39 Å². The van der Waals surface area contributed by atoms with Crippen molar-refractivity contribution in [2.75, 3.05) is 25.6 Å². The molecule has 0 radical (unpaired) electrons. The van der Waals surface area contributed by atoms with Crippen LogP contribution < -0.4 is 10.9 Å². The average Bonchev–Trinajstić information content (AvgIpc) is 3.08. The molecule has 25 heavy (non-hydrogen) atoms. The van der Waals surface area contributed by atoms with Crippen LogP contribution in [0, 0.1) is 5.82 Å². The van der Waals surface area contributed by atoms with Crippen LogP contribution in [-0.4, -0.2) is 36.4 Å². The third-order valence-electron chi connectivity index (χ3n) is 4.27. The number of rotatable bonds is 5. The van der Waals surface area contributed by atoms with Crippen LogP contribution in [0.2, 0.25) is 0 Å². The summed E-state index contributed by atoms with van der Waals surface area (Å²) in [6.07, 6.45) is 2.00. The van der Waals surface area contributed by atoms with Crippen molar-refractivity contribution in [1.82, 2.24) is 4.57 Å². The molecule has 2 heterocycles. The summed E-state index contributed by atoms with van der Waals surface area (Å²) in [6.45, 7) is 0.859. The molecule has 1 N–H and O–H groups in total. The normalized spacial score (nSPS) is 19.8. The van der Waals surface area contributed by atoms with Gasteiger partial charge in [0.25, 0.3) is 11.5 Å². The van der Waals surface area contributed by atoms with Crippen LogP contribution in [0.15, 0.2) is 47.4 Å². The van der Waals surface area contributed by atoms with Gasteiger partial charge >= 0.3 is 0 Å². The number of halogens is 1. The molecular weight excluding hydrogens is 327 g/mol. The fourth-order valence-corrected chi connectivity index (χ4v) is 2.78. The van der Waals surface area contributed by atoms with Crippen LogP contribution in [0.1, 0.15) is 12.0 Å². The number of methoxy groups -OCH3 is 1. The number of pyridine rings is 1. The van der Waals surface area contributed by atoms with Crippen LogP contribution in [-0.2, 0) is 20.8 Å². The van der Waals surface area contributed by atoms with E-state index < -0.39 is 5.60 Å². The van der Waals surface area contributed by atoms with Crippen molar-refractivity contribution in [3.05, 3.63) is 64.3 Å². The molecular formula is C18H19FN2O4. The molecule has 1 aromatic heterocycles. The first-order valence-electron chi connectivity index (χ1n) is 7.92. The highest BCUT2D eigenvalue weighted by Crippen LogP contribution is 2.24. The first-order chi connectivity index (χ1) is 12.0. The summed E-state index contributed by atoms with van der Waals surface area (Å²) in [4.78, 5) is 24.5. The summed E-state index contributed by atoms with van der Waals surface area (Å²) in [6, 6.07) is 8.92. The smallest absolute Gasteiger partial charge is 0.259 e. The van der Waals surface area contributed by atoms with Crippen molar-refractivity contribution < 1.29 is 18.7 Å². The molecule has 0 saturated carbocycles. The van der Waals surface area contributed by atoms with Gasteiger partial charge < -0.3 is 19.4 Å². The van der Waals surface area contributed by atoms with Crippen LogP contribution in [0.4, 0.5) is 10.1 Å². The number of nitrogens with one attached hydrogen (secondary N) is 1. The lowest BCUT2D eigenvalue weighted by molar-refractivity contribution is -0.137. The van der Waals surface area contributed by atoms with Gasteiger partial charge in [0.05, 0.1) is 25.4 Å². The van der Waals surface area contributed by atoms with E-state index in [4.69, 9.17) is 9.47 Å². The van der Waals surface area contributed by atoms with Crippen molar-refractivity contribution in [2.24, 2.45) is 0 Å². The number of nitrogens with zero attached hydrogens (tertiary/aromatic N) is 1. The third-order valence-corrected chi connectivity index (χ3v) is 4.27. The Hall–Kier alpha value is -2.51. The van der Waals surface area contributed by atoms with Gasteiger partial charge in [0.1, 0.15) is 5.82 Å². The number of carbonyl (C=O) groups excluding carboxylic acids is 1. The Morgan fingerprint density at radius 1 is 1.40 bits per heavy atom. The number of ether oxygens (including phenoxy) is 2. The predicted octanol–water partition coefficient (Wildman–Crippen LogP) is 1.78. The topological polar surface area (TPSA) is 69.6 Å². The first-order valence-corrected chi connectivity index (χ1v) is 7.92. The molecule has 1 aliphatic rings. The maximum atomic E-state index is 13.3. The number of benzene rings is 1. The lowest BCUT2D eigenvalue weighted by atomic mass is 10.0. The van der Waals surface area contributed by atoms with E-state index in [9.17, 15) is 14.0 Å². The summed E-state index contributed by atoms with van der Waals surface area (Å²) in [7, 11) is 1.47. The summed E-state index contributed by atoms with van der Waals surface area (Å²) < 4.78 is 25.3. The number of aromatic nitrogens is 1. The van der Waals surface area contributed by atoms with E-state index in [1.807, 2.05) is 0 Å². The van der Waals surface area contributed by atoms with Crippen molar-refractivity contribution >= 4 is 11.6 Å². The Balaban J connectivity index is 1.79. The number of hydrogen-bond acceptors (Lipinski definition) is 4. The standard InChI is InChI=1S/C18H19FN2O4/c1-24-18(7-8-25-12-18)17(23)20-15-5-6-16(22)21(11-15)10-13-3-2-4-14(19)9-13/h2-6,9,11H,7-8,10,12H2,1H3,(H,20,23). The molecule has 1 aromatic carbocycles. The van der Waals surface area contributed by atoms with Crippen molar-refractivity contribution in [3.8, 4) is 0 Å².